The van der Waals surface area contributed by atoms with Gasteiger partial charge in [-0.15, -0.1) is 0 Å². The molecule has 9 heteroatoms. The van der Waals surface area contributed by atoms with Gasteiger partial charge in [0.1, 0.15) is 5.75 Å². The second-order valence-corrected chi connectivity index (χ2v) is 9.03. The molecular formula is C21H17Cl4NO4. The Labute approximate surface area is 193 Å². The number of nitrogens with zero attached hydrogens (tertiary/aromatic N) is 1. The fourth-order valence-electron chi connectivity index (χ4n) is 3.34. The second kappa shape index (κ2) is 7.65. The third-order valence-electron chi connectivity index (χ3n) is 5.63. The van der Waals surface area contributed by atoms with E-state index in [1.165, 1.54) is 12.1 Å². The zero-order chi connectivity index (χ0) is 22.7. The van der Waals surface area contributed by atoms with E-state index in [0.29, 0.717) is 5.56 Å². The highest BCUT2D eigenvalue weighted by Crippen LogP contribution is 2.45. The number of hydrogen-bond acceptors (Lipinski definition) is 4. The minimum atomic E-state index is -1.50. The maximum Gasteiger partial charge on any atom is 0.338 e. The normalized spacial score (nSPS) is 14.9. The third-order valence-corrected chi connectivity index (χ3v) is 7.44. The number of hydrogen-bond donors (Lipinski definition) is 2. The molecule has 1 aliphatic heterocycles. The summed E-state index contributed by atoms with van der Waals surface area (Å²) in [5.74, 6) is -2.67. The van der Waals surface area contributed by atoms with Gasteiger partial charge in [-0.05, 0) is 38.0 Å². The monoisotopic (exact) mass is 487 g/mol. The third kappa shape index (κ3) is 3.34. The molecule has 0 bridgehead atoms. The van der Waals surface area contributed by atoms with Crippen LogP contribution in [-0.4, -0.2) is 34.6 Å². The molecule has 0 spiro atoms. The second-order valence-electron chi connectivity index (χ2n) is 7.51. The molecule has 2 aromatic rings. The van der Waals surface area contributed by atoms with E-state index >= 15 is 0 Å². The van der Waals surface area contributed by atoms with Crippen molar-refractivity contribution in [2.24, 2.45) is 0 Å². The Morgan fingerprint density at radius 2 is 1.50 bits per heavy atom. The van der Waals surface area contributed by atoms with E-state index in [1.807, 2.05) is 38.8 Å². The maximum absolute atomic E-state index is 13.3. The standard InChI is InChI=1S/C21H17Cl4NO4/c1-8-5-9-6-10(12(27)7-11(9)26(4)21(8,2)3)19(28)13-14(20(29)30)16(23)18(25)17(24)15(13)22/h5-7,27H,1-4H3,(H,29,30). The molecule has 5 nitrogen and oxygen atoms in total. The number of carbonyl (C=O) groups is 2. The number of fused-ring (bicyclic) bond motifs is 1. The number of halogens is 4. The van der Waals surface area contributed by atoms with Crippen LogP contribution in [0.1, 0.15) is 52.6 Å². The van der Waals surface area contributed by atoms with Gasteiger partial charge in [0.05, 0.1) is 42.3 Å². The van der Waals surface area contributed by atoms with Crippen molar-refractivity contribution in [3.63, 3.8) is 0 Å². The predicted octanol–water partition coefficient (Wildman–Crippen LogP) is 6.57. The fourth-order valence-corrected chi connectivity index (χ4v) is 4.36. The van der Waals surface area contributed by atoms with Gasteiger partial charge in [0.15, 0.2) is 5.78 Å². The zero-order valence-electron chi connectivity index (χ0n) is 16.4. The molecule has 0 aromatic heterocycles. The van der Waals surface area contributed by atoms with E-state index in [1.54, 1.807) is 0 Å². The Bertz CT molecular complexity index is 1150. The molecule has 30 heavy (non-hydrogen) atoms. The SMILES string of the molecule is CC1=Cc2cc(C(=O)c3c(Cl)c(Cl)c(Cl)c(Cl)c3C(=O)O)c(O)cc2N(C)C1(C)C. The lowest BCUT2D eigenvalue weighted by Gasteiger charge is -2.42. The molecule has 0 unspecified atom stereocenters. The number of ketones is 1. The number of benzene rings is 2. The van der Waals surface area contributed by atoms with Gasteiger partial charge >= 0.3 is 5.97 Å². The lowest BCUT2D eigenvalue weighted by Crippen LogP contribution is -2.44. The van der Waals surface area contributed by atoms with Gasteiger partial charge in [0.25, 0.3) is 0 Å². The average Bonchev–Trinajstić information content (AvgIpc) is 2.67. The van der Waals surface area contributed by atoms with Crippen molar-refractivity contribution in [1.82, 2.24) is 0 Å². The Kier molecular flexibility index (Phi) is 5.80. The van der Waals surface area contributed by atoms with Crippen LogP contribution in [0.4, 0.5) is 5.69 Å². The molecule has 0 aliphatic carbocycles. The molecule has 2 aromatic carbocycles. The minimum absolute atomic E-state index is 0.134. The van der Waals surface area contributed by atoms with Gasteiger partial charge in [0, 0.05) is 18.8 Å². The summed E-state index contributed by atoms with van der Waals surface area (Å²) in [7, 11) is 1.88. The molecule has 1 heterocycles. The van der Waals surface area contributed by atoms with Crippen molar-refractivity contribution < 1.29 is 19.8 Å². The number of likely N-dealkylation sites (N-methyl/N-ethyl adjacent to an activating group) is 1. The number of carboxylic acid groups (broad SMARTS) is 1. The van der Waals surface area contributed by atoms with Crippen molar-refractivity contribution in [2.75, 3.05) is 11.9 Å². The lowest BCUT2D eigenvalue weighted by molar-refractivity contribution is 0.0693. The fraction of sp³-hybridized carbons (Fsp3) is 0.238. The summed E-state index contributed by atoms with van der Waals surface area (Å²) in [5.41, 5.74) is 1.01. The van der Waals surface area contributed by atoms with E-state index in [2.05, 4.69) is 0 Å². The summed E-state index contributed by atoms with van der Waals surface area (Å²) in [6.45, 7) is 6.04. The molecule has 0 radical (unpaired) electrons. The van der Waals surface area contributed by atoms with Crippen molar-refractivity contribution in [3.8, 4) is 5.75 Å². The molecule has 2 N–H and O–H groups in total. The Morgan fingerprint density at radius 1 is 0.967 bits per heavy atom. The zero-order valence-corrected chi connectivity index (χ0v) is 19.4. The van der Waals surface area contributed by atoms with Crippen LogP contribution in [0.15, 0.2) is 17.7 Å². The first-order valence-corrected chi connectivity index (χ1v) is 10.2. The molecule has 0 saturated heterocycles. The molecule has 1 aliphatic rings. The minimum Gasteiger partial charge on any atom is -0.507 e. The van der Waals surface area contributed by atoms with E-state index in [-0.39, 0.29) is 31.9 Å². The first kappa shape index (κ1) is 22.8. The number of aromatic carboxylic acids is 1. The van der Waals surface area contributed by atoms with Crippen LogP contribution in [0.2, 0.25) is 20.1 Å². The van der Waals surface area contributed by atoms with Gasteiger partial charge in [-0.3, -0.25) is 4.79 Å². The van der Waals surface area contributed by atoms with Crippen LogP contribution < -0.4 is 4.90 Å². The summed E-state index contributed by atoms with van der Waals surface area (Å²) >= 11 is 24.2. The molecular weight excluding hydrogens is 472 g/mol. The van der Waals surface area contributed by atoms with Crippen molar-refractivity contribution in [3.05, 3.63) is 60.1 Å². The van der Waals surface area contributed by atoms with E-state index in [0.717, 1.165) is 11.3 Å². The van der Waals surface area contributed by atoms with Gasteiger partial charge in [0.2, 0.25) is 0 Å². The van der Waals surface area contributed by atoms with Crippen molar-refractivity contribution in [1.29, 1.82) is 0 Å². The van der Waals surface area contributed by atoms with Gasteiger partial charge in [-0.2, -0.15) is 0 Å². The first-order chi connectivity index (χ1) is 13.8. The van der Waals surface area contributed by atoms with E-state index < -0.39 is 27.9 Å². The number of phenolic OH excluding ortho intramolecular Hbond substituents is 1. The molecule has 0 atom stereocenters. The van der Waals surface area contributed by atoms with Crippen LogP contribution in [0, 0.1) is 0 Å². The quantitative estimate of drug-likeness (QED) is 0.290. The van der Waals surface area contributed by atoms with Crippen molar-refractivity contribution >= 4 is 69.9 Å². The number of aromatic hydroxyl groups is 1. The summed E-state index contributed by atoms with van der Waals surface area (Å²) in [6.07, 6.45) is 1.91. The summed E-state index contributed by atoms with van der Waals surface area (Å²) < 4.78 is 0. The highest BCUT2D eigenvalue weighted by Gasteiger charge is 2.34. The van der Waals surface area contributed by atoms with Crippen LogP contribution >= 0.6 is 46.4 Å². The molecule has 0 fully saturated rings. The predicted molar refractivity (Wildman–Crippen MR) is 121 cm³/mol. The van der Waals surface area contributed by atoms with Crippen molar-refractivity contribution in [2.45, 2.75) is 26.3 Å². The van der Waals surface area contributed by atoms with Crippen LogP contribution in [0.3, 0.4) is 0 Å². The number of phenols is 1. The number of carboxylic acids is 1. The Morgan fingerprint density at radius 3 is 2.03 bits per heavy atom. The molecule has 158 valence electrons. The molecule has 0 amide bonds. The summed E-state index contributed by atoms with van der Waals surface area (Å²) in [5, 5.41) is 18.9. The van der Waals surface area contributed by atoms with Gasteiger partial charge < -0.3 is 15.1 Å². The Hall–Kier alpha value is -1.92. The lowest BCUT2D eigenvalue weighted by atomic mass is 9.85. The summed E-state index contributed by atoms with van der Waals surface area (Å²) in [6, 6.07) is 2.95. The number of rotatable bonds is 3. The van der Waals surface area contributed by atoms with Gasteiger partial charge in [-0.25, -0.2) is 4.79 Å². The highest BCUT2D eigenvalue weighted by atomic mass is 35.5. The van der Waals surface area contributed by atoms with Crippen LogP contribution in [-0.2, 0) is 0 Å². The molecule has 0 saturated carbocycles. The van der Waals surface area contributed by atoms with Crippen LogP contribution in [0.25, 0.3) is 6.08 Å². The maximum atomic E-state index is 13.3. The number of anilines is 1. The smallest absolute Gasteiger partial charge is 0.338 e. The Balaban J connectivity index is 2.28. The number of carbonyl (C=O) groups excluding carboxylic acids is 1. The van der Waals surface area contributed by atoms with Gasteiger partial charge in [-0.1, -0.05) is 52.5 Å². The first-order valence-electron chi connectivity index (χ1n) is 8.74. The molecule has 3 rings (SSSR count). The highest BCUT2D eigenvalue weighted by molar-refractivity contribution is 6.54. The van der Waals surface area contributed by atoms with E-state index in [9.17, 15) is 19.8 Å². The summed E-state index contributed by atoms with van der Waals surface area (Å²) in [4.78, 5) is 27.1. The average molecular weight is 489 g/mol. The largest absolute Gasteiger partial charge is 0.507 e. The van der Waals surface area contributed by atoms with Crippen LogP contribution in [0.5, 0.6) is 5.75 Å². The van der Waals surface area contributed by atoms with E-state index in [4.69, 9.17) is 46.4 Å². The topological polar surface area (TPSA) is 77.8 Å².